The SMILES string of the molecule is CC(=O)OC[C@H]1OC(NC(=S)Nc2nnc(C3CC3)s2)[C@H](OC(C)=O)[C@@H](OC(C)=O)[C@@H]1OC(C)=O. The monoisotopic (exact) mass is 530 g/mol. The molecule has 1 saturated heterocycles. The Kier molecular flexibility index (Phi) is 8.91. The molecule has 1 aromatic rings. The minimum atomic E-state index is -1.29. The van der Waals surface area contributed by atoms with Gasteiger partial charge in [0, 0.05) is 33.6 Å². The fraction of sp³-hybridized carbons (Fsp3) is 0.650. The summed E-state index contributed by atoms with van der Waals surface area (Å²) in [7, 11) is 0. The number of nitrogens with zero attached hydrogens (tertiary/aromatic N) is 2. The Morgan fingerprint density at radius 2 is 1.54 bits per heavy atom. The maximum absolute atomic E-state index is 11.9. The number of carbonyl (C=O) groups is 4. The zero-order valence-corrected chi connectivity index (χ0v) is 21.1. The zero-order valence-electron chi connectivity index (χ0n) is 19.5. The molecule has 1 aliphatic heterocycles. The molecule has 5 atom stereocenters. The second-order valence-corrected chi connectivity index (χ2v) is 9.36. The highest BCUT2D eigenvalue weighted by atomic mass is 32.1. The van der Waals surface area contributed by atoms with Gasteiger partial charge < -0.3 is 34.3 Å². The first kappa shape index (κ1) is 26.7. The lowest BCUT2D eigenvalue weighted by Gasteiger charge is -2.44. The number of hydrogen-bond donors (Lipinski definition) is 2. The van der Waals surface area contributed by atoms with Crippen LogP contribution in [0.1, 0.15) is 51.5 Å². The van der Waals surface area contributed by atoms with E-state index < -0.39 is 54.5 Å². The average Bonchev–Trinajstić information content (AvgIpc) is 3.49. The van der Waals surface area contributed by atoms with Crippen molar-refractivity contribution in [3.63, 3.8) is 0 Å². The first-order valence-corrected chi connectivity index (χ1v) is 12.0. The van der Waals surface area contributed by atoms with Crippen molar-refractivity contribution in [3.05, 3.63) is 5.01 Å². The molecule has 1 aromatic heterocycles. The van der Waals surface area contributed by atoms with Gasteiger partial charge >= 0.3 is 23.9 Å². The van der Waals surface area contributed by atoms with Gasteiger partial charge in [-0.1, -0.05) is 11.3 Å². The summed E-state index contributed by atoms with van der Waals surface area (Å²) in [5.41, 5.74) is 0. The Morgan fingerprint density at radius 3 is 2.11 bits per heavy atom. The van der Waals surface area contributed by atoms with E-state index >= 15 is 0 Å². The normalized spacial score (nSPS) is 25.7. The van der Waals surface area contributed by atoms with Crippen molar-refractivity contribution in [2.24, 2.45) is 0 Å². The van der Waals surface area contributed by atoms with Crippen LogP contribution in [0.15, 0.2) is 0 Å². The fourth-order valence-corrected chi connectivity index (χ4v) is 4.58. The van der Waals surface area contributed by atoms with E-state index in [4.69, 9.17) is 35.9 Å². The van der Waals surface area contributed by atoms with E-state index in [1.165, 1.54) is 18.3 Å². The predicted molar refractivity (Wildman–Crippen MR) is 123 cm³/mol. The molecule has 0 amide bonds. The summed E-state index contributed by atoms with van der Waals surface area (Å²) in [6.45, 7) is 4.31. The number of nitrogens with one attached hydrogen (secondary N) is 2. The third-order valence-corrected chi connectivity index (χ3v) is 6.07. The lowest BCUT2D eigenvalue weighted by atomic mass is 9.97. The molecule has 2 aliphatic rings. The number of hydrogen-bond acceptors (Lipinski definition) is 13. The summed E-state index contributed by atoms with van der Waals surface area (Å²) in [5.74, 6) is -2.33. The van der Waals surface area contributed by atoms with E-state index in [-0.39, 0.29) is 11.7 Å². The molecule has 35 heavy (non-hydrogen) atoms. The summed E-state index contributed by atoms with van der Waals surface area (Å²) < 4.78 is 27.1. The van der Waals surface area contributed by atoms with E-state index in [2.05, 4.69) is 20.8 Å². The number of carbonyl (C=O) groups excluding carboxylic acids is 4. The minimum Gasteiger partial charge on any atom is -0.463 e. The summed E-state index contributed by atoms with van der Waals surface area (Å²) in [6, 6.07) is 0. The molecule has 1 aliphatic carbocycles. The van der Waals surface area contributed by atoms with Gasteiger partial charge in [0.1, 0.15) is 17.7 Å². The van der Waals surface area contributed by atoms with Crippen molar-refractivity contribution in [1.82, 2.24) is 15.5 Å². The van der Waals surface area contributed by atoms with Gasteiger partial charge in [-0.3, -0.25) is 19.2 Å². The summed E-state index contributed by atoms with van der Waals surface area (Å²) in [4.78, 5) is 46.9. The molecule has 0 spiro atoms. The van der Waals surface area contributed by atoms with Gasteiger partial charge in [-0.15, -0.1) is 10.2 Å². The second kappa shape index (κ2) is 11.7. The van der Waals surface area contributed by atoms with Crippen LogP contribution in [-0.2, 0) is 42.9 Å². The van der Waals surface area contributed by atoms with Crippen molar-refractivity contribution >= 4 is 57.7 Å². The van der Waals surface area contributed by atoms with Crippen molar-refractivity contribution in [1.29, 1.82) is 0 Å². The van der Waals surface area contributed by atoms with Crippen molar-refractivity contribution in [2.45, 2.75) is 77.1 Å². The third-order valence-electron chi connectivity index (χ3n) is 4.85. The van der Waals surface area contributed by atoms with Crippen LogP contribution in [0.2, 0.25) is 0 Å². The quantitative estimate of drug-likeness (QED) is 0.275. The molecule has 0 aromatic carbocycles. The van der Waals surface area contributed by atoms with Crippen LogP contribution in [0.25, 0.3) is 0 Å². The Balaban J connectivity index is 1.83. The maximum atomic E-state index is 11.9. The molecule has 15 heteroatoms. The fourth-order valence-electron chi connectivity index (χ4n) is 3.39. The molecular formula is C20H26N4O9S2. The minimum absolute atomic E-state index is 0.0596. The van der Waals surface area contributed by atoms with Gasteiger partial charge in [-0.25, -0.2) is 0 Å². The van der Waals surface area contributed by atoms with E-state index in [1.54, 1.807) is 0 Å². The Labute approximate surface area is 210 Å². The largest absolute Gasteiger partial charge is 0.463 e. The standard InChI is InChI=1S/C20H26N4O9S2/c1-8(25)29-7-13-14(30-9(2)26)15(31-10(3)27)16(32-11(4)28)17(33-13)21-19(34)22-20-24-23-18(35-20)12-5-6-12/h12-17H,5-7H2,1-4H3,(H2,21,22,24,34)/t13-,14-,15+,16-,17?/m1/s1. The predicted octanol–water partition coefficient (Wildman–Crippen LogP) is 0.785. The van der Waals surface area contributed by atoms with Gasteiger partial charge in [0.25, 0.3) is 0 Å². The Hall–Kier alpha value is -2.91. The maximum Gasteiger partial charge on any atom is 0.303 e. The number of esters is 4. The van der Waals surface area contributed by atoms with E-state index in [9.17, 15) is 19.2 Å². The van der Waals surface area contributed by atoms with Gasteiger partial charge in [0.15, 0.2) is 29.7 Å². The smallest absolute Gasteiger partial charge is 0.303 e. The van der Waals surface area contributed by atoms with Gasteiger partial charge in [-0.05, 0) is 25.1 Å². The van der Waals surface area contributed by atoms with Crippen LogP contribution in [-0.4, -0.2) is 76.4 Å². The van der Waals surface area contributed by atoms with Crippen LogP contribution in [0.5, 0.6) is 0 Å². The molecule has 2 N–H and O–H groups in total. The van der Waals surface area contributed by atoms with E-state index in [0.717, 1.165) is 38.6 Å². The summed E-state index contributed by atoms with van der Waals surface area (Å²) >= 11 is 6.72. The third kappa shape index (κ3) is 7.80. The Bertz CT molecular complexity index is 984. The first-order valence-electron chi connectivity index (χ1n) is 10.7. The van der Waals surface area contributed by atoms with Crippen LogP contribution in [0.3, 0.4) is 0 Å². The highest BCUT2D eigenvalue weighted by Gasteiger charge is 2.52. The van der Waals surface area contributed by atoms with Gasteiger partial charge in [0.05, 0.1) is 0 Å². The van der Waals surface area contributed by atoms with E-state index in [1.807, 2.05) is 0 Å². The molecule has 1 saturated carbocycles. The zero-order chi connectivity index (χ0) is 25.7. The molecule has 0 radical (unpaired) electrons. The number of rotatable bonds is 8. The number of thiocarbonyl (C=S) groups is 1. The summed E-state index contributed by atoms with van der Waals surface area (Å²) in [5, 5.41) is 15.4. The van der Waals surface area contributed by atoms with E-state index in [0.29, 0.717) is 11.0 Å². The summed E-state index contributed by atoms with van der Waals surface area (Å²) in [6.07, 6.45) is -3.93. The molecule has 3 rings (SSSR count). The second-order valence-electron chi connectivity index (χ2n) is 7.94. The molecule has 192 valence electrons. The highest BCUT2D eigenvalue weighted by molar-refractivity contribution is 7.80. The van der Waals surface area contributed by atoms with Crippen LogP contribution in [0, 0.1) is 0 Å². The van der Waals surface area contributed by atoms with Crippen molar-refractivity contribution in [2.75, 3.05) is 11.9 Å². The molecule has 13 nitrogen and oxygen atoms in total. The van der Waals surface area contributed by atoms with Crippen molar-refractivity contribution < 1.29 is 42.9 Å². The lowest BCUT2D eigenvalue weighted by molar-refractivity contribution is -0.254. The number of aromatic nitrogens is 2. The highest BCUT2D eigenvalue weighted by Crippen LogP contribution is 2.42. The van der Waals surface area contributed by atoms with Gasteiger partial charge in [-0.2, -0.15) is 0 Å². The first-order chi connectivity index (χ1) is 16.5. The molecular weight excluding hydrogens is 504 g/mol. The molecule has 1 unspecified atom stereocenters. The van der Waals surface area contributed by atoms with Crippen molar-refractivity contribution in [3.8, 4) is 0 Å². The topological polar surface area (TPSA) is 164 Å². The number of ether oxygens (including phenoxy) is 5. The Morgan fingerprint density at radius 1 is 0.943 bits per heavy atom. The molecule has 0 bridgehead atoms. The lowest BCUT2D eigenvalue weighted by Crippen LogP contribution is -2.66. The van der Waals surface area contributed by atoms with Gasteiger partial charge in [0.2, 0.25) is 5.13 Å². The number of anilines is 1. The average molecular weight is 531 g/mol. The van der Waals surface area contributed by atoms with Crippen LogP contribution >= 0.6 is 23.6 Å². The van der Waals surface area contributed by atoms with Crippen LogP contribution in [0.4, 0.5) is 5.13 Å². The molecule has 2 heterocycles. The molecule has 2 fully saturated rings. The van der Waals surface area contributed by atoms with Crippen LogP contribution < -0.4 is 10.6 Å².